The van der Waals surface area contributed by atoms with Crippen molar-refractivity contribution in [2.75, 3.05) is 0 Å². The van der Waals surface area contributed by atoms with Crippen LogP contribution in [0, 0.1) is 13.8 Å². The summed E-state index contributed by atoms with van der Waals surface area (Å²) in [6.07, 6.45) is 6.59. The van der Waals surface area contributed by atoms with Crippen LogP contribution in [0.1, 0.15) is 36.8 Å². The van der Waals surface area contributed by atoms with Gasteiger partial charge in [0.15, 0.2) is 0 Å². The van der Waals surface area contributed by atoms with Gasteiger partial charge in [0.2, 0.25) is 0 Å². The largest absolute Gasteiger partial charge is 0.160 e. The molecule has 0 amide bonds. The topological polar surface area (TPSA) is 0 Å². The fourth-order valence-corrected chi connectivity index (χ4v) is 509. The Balaban J connectivity index is 2.08. The monoisotopic (exact) mass is 1050 g/mol. The molecule has 4 fully saturated rings. The molecule has 60 heavy (non-hydrogen) atoms. The standard InChI is InChI=1S/C46H94S2Si12/c1-39-27-31-41(32-28-39)47-59-57(43(49(3,4)5,50(6,7)8)35-36-44(57,51(9,10)11)52(12,13)14)60(59,48-42-33-29-40(2)30-34-42)58(59)45(53(15,16)17,54(18,19)20)37-38-46(58,55(21,22)23)56(24,25)26/h27-34H,35-38H2,1-26H3. The number of benzene rings is 2. The van der Waals surface area contributed by atoms with Crippen molar-refractivity contribution in [3.63, 3.8) is 0 Å². The number of fused-ring (bicyclic) bond motifs is 5. The molecule has 4 aliphatic heterocycles. The van der Waals surface area contributed by atoms with Crippen LogP contribution in [0.4, 0.5) is 0 Å². The SMILES string of the molecule is Cc1ccc(S[Si]23[Si]4(C([Si](C)(C)C)([Si](C)(C)C)CCC4([Si](C)(C)C)[Si](C)(C)C)[Si]2(Sc2ccc(C)cc2)[Si]32C([Si](C)(C)C)([Si](C)(C)C)CCC2([Si](C)(C)C)[Si](C)(C)C)cc1. The molecule has 0 radical (unpaired) electrons. The summed E-state index contributed by atoms with van der Waals surface area (Å²) in [6.45, 7) is 77.3. The highest BCUT2D eigenvalue weighted by Gasteiger charge is 3.27. The van der Waals surface area contributed by atoms with Gasteiger partial charge < -0.3 is 0 Å². The first-order valence-corrected chi connectivity index (χ1v) is 68.2. The van der Waals surface area contributed by atoms with E-state index in [1.807, 2.05) is 0 Å². The van der Waals surface area contributed by atoms with Crippen molar-refractivity contribution in [1.29, 1.82) is 0 Å². The first-order valence-electron chi connectivity index (χ1n) is 24.1. The van der Waals surface area contributed by atoms with Gasteiger partial charge in [-0.05, 0) is 55.3 Å². The molecule has 2 spiro atoms. The summed E-state index contributed by atoms with van der Waals surface area (Å²) in [5, 5.41) is 0. The van der Waals surface area contributed by atoms with Gasteiger partial charge in [0.1, 0.15) is 11.6 Å². The van der Waals surface area contributed by atoms with E-state index in [2.05, 4.69) is 242 Å². The Morgan fingerprint density at radius 3 is 0.633 bits per heavy atom. The smallest absolute Gasteiger partial charge is 0.106 e. The number of rotatable bonds is 12. The van der Waals surface area contributed by atoms with Gasteiger partial charge in [-0.15, -0.1) is 0 Å². The maximum Gasteiger partial charge on any atom is 0.106 e. The Bertz CT molecular complexity index is 1690. The summed E-state index contributed by atoms with van der Waals surface area (Å²) in [6, 6.07) is 21.2. The van der Waals surface area contributed by atoms with Crippen molar-refractivity contribution in [2.24, 2.45) is 0 Å². The molecule has 4 saturated heterocycles. The van der Waals surface area contributed by atoms with Crippen molar-refractivity contribution >= 4 is 113 Å². The van der Waals surface area contributed by atoms with Gasteiger partial charge in [0.05, 0.1) is 14.2 Å². The van der Waals surface area contributed by atoms with Gasteiger partial charge in [0.25, 0.3) is 0 Å². The van der Waals surface area contributed by atoms with E-state index in [0.29, 0.717) is 17.1 Å². The molecule has 0 bridgehead atoms. The fourth-order valence-electron chi connectivity index (χ4n) is 20.2. The van der Waals surface area contributed by atoms with E-state index in [9.17, 15) is 0 Å². The van der Waals surface area contributed by atoms with Crippen LogP contribution in [-0.2, 0) is 0 Å². The molecule has 0 saturated carbocycles. The molecule has 4 aliphatic rings. The molecule has 6 rings (SSSR count). The zero-order valence-corrected chi connectivity index (χ0v) is 57.9. The average molecular weight is 1050 g/mol. The normalized spacial score (nSPS) is 28.0. The Morgan fingerprint density at radius 1 is 0.317 bits per heavy atom. The molecular weight excluding hydrogens is 954 g/mol. The van der Waals surface area contributed by atoms with E-state index in [0.717, 1.165) is 0 Å². The molecule has 0 nitrogen and oxygen atoms in total. The van der Waals surface area contributed by atoms with E-state index in [-0.39, 0.29) is 0 Å². The van der Waals surface area contributed by atoms with Crippen molar-refractivity contribution in [1.82, 2.24) is 0 Å². The Morgan fingerprint density at radius 2 is 0.483 bits per heavy atom. The van der Waals surface area contributed by atoms with Gasteiger partial charge in [0, 0.05) is 74.4 Å². The molecule has 0 N–H and O–H groups in total. The Kier molecular flexibility index (Phi) is 12.1. The lowest BCUT2D eigenvalue weighted by Gasteiger charge is -2.74. The average Bonchev–Trinajstić information content (AvgIpc) is 3.48. The van der Waals surface area contributed by atoms with Crippen molar-refractivity contribution < 1.29 is 0 Å². The molecule has 0 atom stereocenters. The van der Waals surface area contributed by atoms with Crippen molar-refractivity contribution in [3.05, 3.63) is 59.7 Å². The molecule has 14 heteroatoms. The van der Waals surface area contributed by atoms with Crippen LogP contribution >= 0.6 is 22.4 Å². The van der Waals surface area contributed by atoms with Gasteiger partial charge >= 0.3 is 0 Å². The minimum Gasteiger partial charge on any atom is -0.160 e. The summed E-state index contributed by atoms with van der Waals surface area (Å²) in [5.74, 6) is -4.25. The predicted molar refractivity (Wildman–Crippen MR) is 313 cm³/mol. The van der Waals surface area contributed by atoms with Gasteiger partial charge in [-0.3, -0.25) is 0 Å². The molecular formula is C46H94S2Si12. The van der Waals surface area contributed by atoms with Gasteiger partial charge in [-0.25, -0.2) is 0 Å². The second-order valence-electron chi connectivity index (χ2n) is 29.3. The maximum absolute atomic E-state index is 3.02. The second-order valence-corrected chi connectivity index (χ2v) is 135. The first kappa shape index (κ1) is 51.1. The van der Waals surface area contributed by atoms with E-state index < -0.39 is 90.4 Å². The number of hydrogen-bond donors (Lipinski definition) is 0. The van der Waals surface area contributed by atoms with Crippen LogP contribution in [0.25, 0.3) is 0 Å². The molecule has 2 aromatic carbocycles. The summed E-state index contributed by atoms with van der Waals surface area (Å²) >= 11 is 5.85. The Labute approximate surface area is 392 Å². The van der Waals surface area contributed by atoms with Crippen LogP contribution < -0.4 is 0 Å². The van der Waals surface area contributed by atoms with Gasteiger partial charge in [-0.2, -0.15) is 22.4 Å². The fraction of sp³-hybridized carbons (Fsp3) is 0.739. The third-order valence-electron chi connectivity index (χ3n) is 19.6. The van der Waals surface area contributed by atoms with Gasteiger partial charge in [-0.1, -0.05) is 218 Å². The molecule has 338 valence electrons. The molecule has 2 aromatic rings. The molecule has 0 aromatic heterocycles. The predicted octanol–water partition coefficient (Wildman–Crippen LogP) is 17.0. The minimum atomic E-state index is -2.13. The highest BCUT2D eigenvalue weighted by atomic mass is 32.5. The molecule has 4 heterocycles. The van der Waals surface area contributed by atoms with E-state index in [4.69, 9.17) is 0 Å². The van der Waals surface area contributed by atoms with Crippen LogP contribution in [-0.4, -0.2) is 90.4 Å². The van der Waals surface area contributed by atoms with E-state index in [1.54, 1.807) is 35.5 Å². The Hall–Kier alpha value is 1.74. The summed E-state index contributed by atoms with van der Waals surface area (Å²) in [5.41, 5.74) is 2.91. The number of hydrogen-bond acceptors (Lipinski definition) is 2. The second kappa shape index (κ2) is 14.2. The first-order chi connectivity index (χ1) is 26.6. The van der Waals surface area contributed by atoms with E-state index in [1.165, 1.54) is 11.1 Å². The maximum atomic E-state index is 3.02. The summed E-state index contributed by atoms with van der Waals surface area (Å²) in [4.78, 5) is 3.53. The van der Waals surface area contributed by atoms with Crippen LogP contribution in [0.15, 0.2) is 58.3 Å². The third-order valence-corrected chi connectivity index (χ3v) is 235. The third kappa shape index (κ3) is 5.44. The quantitative estimate of drug-likeness (QED) is 0.194. The van der Waals surface area contributed by atoms with Crippen LogP contribution in [0.3, 0.4) is 0 Å². The lowest BCUT2D eigenvalue weighted by Crippen LogP contribution is -2.90. The summed E-state index contributed by atoms with van der Waals surface area (Å²) < 4.78 is 2.82. The number of aryl methyl sites for hydroxylation is 2. The van der Waals surface area contributed by atoms with Crippen LogP contribution in [0.5, 0.6) is 0 Å². The summed E-state index contributed by atoms with van der Waals surface area (Å²) in [7, 11) is -18.3. The minimum absolute atomic E-state index is 0.706. The van der Waals surface area contributed by atoms with Crippen molar-refractivity contribution in [2.45, 2.75) is 224 Å². The lowest BCUT2D eigenvalue weighted by atomic mass is 10.2. The highest BCUT2D eigenvalue weighted by molar-refractivity contribution is 8.98. The zero-order valence-electron chi connectivity index (χ0n) is 44.3. The lowest BCUT2D eigenvalue weighted by molar-refractivity contribution is 0.763. The van der Waals surface area contributed by atoms with Crippen molar-refractivity contribution in [3.8, 4) is 0 Å². The zero-order chi connectivity index (χ0) is 46.2. The highest BCUT2D eigenvalue weighted by Crippen LogP contribution is 3.08. The van der Waals surface area contributed by atoms with Crippen LogP contribution in [0.2, 0.25) is 174 Å². The van der Waals surface area contributed by atoms with E-state index >= 15 is 0 Å². The molecule has 0 unspecified atom stereocenters. The molecule has 0 aliphatic carbocycles.